The van der Waals surface area contributed by atoms with Crippen molar-refractivity contribution in [2.45, 2.75) is 51.0 Å². The van der Waals surface area contributed by atoms with Crippen LogP contribution in [0.5, 0.6) is 0 Å². The van der Waals surface area contributed by atoms with Gasteiger partial charge < -0.3 is 0 Å². The normalized spacial score (nSPS) is 12.2. The number of nitrogens with one attached hydrogen (secondary N) is 1. The van der Waals surface area contributed by atoms with Gasteiger partial charge in [-0.1, -0.05) is 44.7 Å². The van der Waals surface area contributed by atoms with Crippen LogP contribution < -0.4 is 4.72 Å². The molecule has 0 spiro atoms. The van der Waals surface area contributed by atoms with Gasteiger partial charge in [0, 0.05) is 13.6 Å². The van der Waals surface area contributed by atoms with Gasteiger partial charge in [0.25, 0.3) is 10.0 Å². The van der Waals surface area contributed by atoms with E-state index in [1.165, 1.54) is 17.5 Å². The molecule has 116 valence electrons. The highest BCUT2D eigenvalue weighted by Gasteiger charge is 2.22. The number of sulfonamides is 1. The van der Waals surface area contributed by atoms with Crippen molar-refractivity contribution in [2.24, 2.45) is 13.0 Å². The number of nitrogens with zero attached hydrogens (tertiary/aromatic N) is 3. The van der Waals surface area contributed by atoms with Gasteiger partial charge in [-0.3, -0.25) is 0 Å². The average Bonchev–Trinajstić information content (AvgIpc) is 2.68. The third-order valence-electron chi connectivity index (χ3n) is 2.99. The zero-order valence-electron chi connectivity index (χ0n) is 12.3. The van der Waals surface area contributed by atoms with E-state index in [1.54, 1.807) is 7.05 Å². The Balaban J connectivity index is 2.31. The highest BCUT2D eigenvalue weighted by Crippen LogP contribution is 2.17. The minimum atomic E-state index is -3.54. The van der Waals surface area contributed by atoms with Gasteiger partial charge >= 0.3 is 0 Å². The molecule has 1 aromatic heterocycles. The van der Waals surface area contributed by atoms with Crippen molar-refractivity contribution < 1.29 is 8.42 Å². The summed E-state index contributed by atoms with van der Waals surface area (Å²) < 4.78 is 28.2. The number of hydrogen-bond acceptors (Lipinski definition) is 4. The lowest BCUT2D eigenvalue weighted by Crippen LogP contribution is -2.27. The molecule has 0 aromatic carbocycles. The Morgan fingerprint density at radius 2 is 1.90 bits per heavy atom. The standard InChI is InChI=1S/C12H23BrN4O2S/c1-10(2)8-6-4-5-7-9-14-20(18,19)12-11(13)15-16-17(12)3/h10,14H,4-9H2,1-3H3. The summed E-state index contributed by atoms with van der Waals surface area (Å²) in [6.45, 7) is 4.88. The van der Waals surface area contributed by atoms with E-state index >= 15 is 0 Å². The maximum absolute atomic E-state index is 12.1. The van der Waals surface area contributed by atoms with Crippen molar-refractivity contribution in [3.8, 4) is 0 Å². The van der Waals surface area contributed by atoms with Crippen molar-refractivity contribution in [1.82, 2.24) is 19.7 Å². The number of aromatic nitrogens is 3. The smallest absolute Gasteiger partial charge is 0.235 e. The SMILES string of the molecule is CC(C)CCCCCCNS(=O)(=O)c1c(Br)nnn1C. The van der Waals surface area contributed by atoms with Crippen molar-refractivity contribution >= 4 is 26.0 Å². The van der Waals surface area contributed by atoms with Gasteiger partial charge in [0.2, 0.25) is 5.03 Å². The van der Waals surface area contributed by atoms with Crippen LogP contribution in [0.1, 0.15) is 46.0 Å². The van der Waals surface area contributed by atoms with E-state index in [-0.39, 0.29) is 9.63 Å². The van der Waals surface area contributed by atoms with Crippen molar-refractivity contribution in [3.63, 3.8) is 0 Å². The van der Waals surface area contributed by atoms with Gasteiger partial charge in [0.05, 0.1) is 0 Å². The van der Waals surface area contributed by atoms with Crippen LogP contribution in [0.3, 0.4) is 0 Å². The summed E-state index contributed by atoms with van der Waals surface area (Å²) >= 11 is 3.10. The molecule has 0 saturated heterocycles. The maximum atomic E-state index is 12.1. The highest BCUT2D eigenvalue weighted by molar-refractivity contribution is 9.10. The van der Waals surface area contributed by atoms with E-state index in [0.717, 1.165) is 25.2 Å². The molecule has 0 aliphatic carbocycles. The molecule has 6 nitrogen and oxygen atoms in total. The topological polar surface area (TPSA) is 76.9 Å². The first-order valence-corrected chi connectivity index (χ1v) is 9.17. The Hall–Kier alpha value is -0.470. The van der Waals surface area contributed by atoms with Crippen LogP contribution in [-0.2, 0) is 17.1 Å². The molecule has 1 aromatic rings. The summed E-state index contributed by atoms with van der Waals surface area (Å²) in [4.78, 5) is 0. The molecule has 0 atom stereocenters. The van der Waals surface area contributed by atoms with Crippen molar-refractivity contribution in [1.29, 1.82) is 0 Å². The molecule has 1 heterocycles. The molecule has 0 bridgehead atoms. The van der Waals surface area contributed by atoms with Gasteiger partial charge in [0.15, 0.2) is 4.60 Å². The van der Waals surface area contributed by atoms with E-state index < -0.39 is 10.0 Å². The number of unbranched alkanes of at least 4 members (excludes halogenated alkanes) is 3. The Morgan fingerprint density at radius 3 is 2.45 bits per heavy atom. The molecular formula is C12H23BrN4O2S. The minimum absolute atomic E-state index is 0.0670. The van der Waals surface area contributed by atoms with Gasteiger partial charge in [-0.15, -0.1) is 5.10 Å². The number of rotatable bonds is 9. The van der Waals surface area contributed by atoms with Crippen LogP contribution in [0.2, 0.25) is 0 Å². The predicted octanol–water partition coefficient (Wildman–Crippen LogP) is 2.46. The largest absolute Gasteiger partial charge is 0.260 e. The Bertz CT molecular complexity index is 494. The van der Waals surface area contributed by atoms with Gasteiger partial charge in [-0.2, -0.15) is 0 Å². The first kappa shape index (κ1) is 17.6. The summed E-state index contributed by atoms with van der Waals surface area (Å²) in [5.74, 6) is 0.739. The fourth-order valence-corrected chi connectivity index (χ4v) is 4.08. The van der Waals surface area contributed by atoms with E-state index in [1.807, 2.05) is 0 Å². The van der Waals surface area contributed by atoms with Gasteiger partial charge in [-0.05, 0) is 28.3 Å². The second-order valence-electron chi connectivity index (χ2n) is 5.30. The van der Waals surface area contributed by atoms with Crippen LogP contribution in [0.25, 0.3) is 0 Å². The molecule has 0 fully saturated rings. The zero-order chi connectivity index (χ0) is 15.2. The lowest BCUT2D eigenvalue weighted by atomic mass is 10.0. The van der Waals surface area contributed by atoms with Crippen LogP contribution in [0.15, 0.2) is 9.63 Å². The predicted molar refractivity (Wildman–Crippen MR) is 81.8 cm³/mol. The maximum Gasteiger partial charge on any atom is 0.260 e. The fourth-order valence-electron chi connectivity index (χ4n) is 1.91. The Morgan fingerprint density at radius 1 is 1.25 bits per heavy atom. The molecule has 1 N–H and O–H groups in total. The Kier molecular flexibility index (Phi) is 7.11. The number of hydrogen-bond donors (Lipinski definition) is 1. The first-order valence-electron chi connectivity index (χ1n) is 6.89. The van der Waals surface area contributed by atoms with E-state index in [9.17, 15) is 8.42 Å². The zero-order valence-corrected chi connectivity index (χ0v) is 14.7. The second-order valence-corrected chi connectivity index (χ2v) is 7.74. The molecule has 20 heavy (non-hydrogen) atoms. The summed E-state index contributed by atoms with van der Waals surface area (Å²) in [6, 6.07) is 0. The van der Waals surface area contributed by atoms with Crippen molar-refractivity contribution in [3.05, 3.63) is 4.60 Å². The minimum Gasteiger partial charge on any atom is -0.235 e. The molecule has 0 aliphatic heterocycles. The second kappa shape index (κ2) is 8.09. The van der Waals surface area contributed by atoms with E-state index in [0.29, 0.717) is 6.54 Å². The lowest BCUT2D eigenvalue weighted by molar-refractivity contribution is 0.516. The summed E-state index contributed by atoms with van der Waals surface area (Å²) in [7, 11) is -1.99. The number of aryl methyl sites for hydroxylation is 1. The lowest BCUT2D eigenvalue weighted by Gasteiger charge is -2.07. The van der Waals surface area contributed by atoms with Gasteiger partial charge in [0.1, 0.15) is 0 Å². The van der Waals surface area contributed by atoms with Crippen LogP contribution >= 0.6 is 15.9 Å². The molecular weight excluding hydrogens is 344 g/mol. The van der Waals surface area contributed by atoms with E-state index in [2.05, 4.69) is 44.8 Å². The average molecular weight is 367 g/mol. The fraction of sp³-hybridized carbons (Fsp3) is 0.833. The molecule has 0 saturated carbocycles. The van der Waals surface area contributed by atoms with E-state index in [4.69, 9.17) is 0 Å². The number of halogens is 1. The molecule has 0 aliphatic rings. The molecule has 8 heteroatoms. The monoisotopic (exact) mass is 366 g/mol. The van der Waals surface area contributed by atoms with Crippen LogP contribution in [-0.4, -0.2) is 30.0 Å². The summed E-state index contributed by atoms with van der Waals surface area (Å²) in [5.41, 5.74) is 0. The third-order valence-corrected chi connectivity index (χ3v) is 5.34. The van der Waals surface area contributed by atoms with Crippen LogP contribution in [0.4, 0.5) is 0 Å². The summed E-state index contributed by atoms with van der Waals surface area (Å²) in [6.07, 6.45) is 5.48. The van der Waals surface area contributed by atoms with Gasteiger partial charge in [-0.25, -0.2) is 17.8 Å². The third kappa shape index (κ3) is 5.49. The first-order chi connectivity index (χ1) is 9.34. The molecule has 0 radical (unpaired) electrons. The van der Waals surface area contributed by atoms with Crippen LogP contribution in [0, 0.1) is 5.92 Å². The quantitative estimate of drug-likeness (QED) is 0.681. The van der Waals surface area contributed by atoms with Crippen molar-refractivity contribution in [2.75, 3.05) is 6.54 Å². The summed E-state index contributed by atoms with van der Waals surface area (Å²) in [5, 5.41) is 7.41. The highest BCUT2D eigenvalue weighted by atomic mass is 79.9. The molecule has 1 rings (SSSR count). The molecule has 0 unspecified atom stereocenters. The molecule has 0 amide bonds. The Labute approximate surface area is 129 Å².